The fourth-order valence-electron chi connectivity index (χ4n) is 2.28. The molecule has 3 heterocycles. The van der Waals surface area contributed by atoms with Crippen LogP contribution in [0.4, 0.5) is 0 Å². The molecule has 1 aliphatic carbocycles. The Morgan fingerprint density at radius 3 is 1.68 bits per heavy atom. The molecule has 0 amide bonds. The Morgan fingerprint density at radius 1 is 0.864 bits per heavy atom. The molecule has 0 aromatic heterocycles. The molecule has 9 nitrogen and oxygen atoms in total. The monoisotopic (exact) mass is 399 g/mol. The Bertz CT molecular complexity index is 586. The summed E-state index contributed by atoms with van der Waals surface area (Å²) in [5, 5.41) is 14.8. The largest absolute Gasteiger partial charge is 0.365 e. The van der Waals surface area contributed by atoms with Gasteiger partial charge in [0.05, 0.1) is 10.8 Å². The van der Waals surface area contributed by atoms with E-state index in [1.807, 2.05) is 14.7 Å². The summed E-state index contributed by atoms with van der Waals surface area (Å²) in [6.07, 6.45) is 1.52. The zero-order valence-electron chi connectivity index (χ0n) is 11.5. The molecule has 0 aromatic rings. The summed E-state index contributed by atoms with van der Waals surface area (Å²) < 4.78 is 0. The molecule has 0 atom stereocenters. The minimum atomic E-state index is -1.75. The summed E-state index contributed by atoms with van der Waals surface area (Å²) >= 11 is 0. The first-order valence-electron chi connectivity index (χ1n) is 6.60. The van der Waals surface area contributed by atoms with Crippen LogP contribution in [0.1, 0.15) is 0 Å². The van der Waals surface area contributed by atoms with Crippen LogP contribution in [0.15, 0.2) is 23.2 Å². The van der Waals surface area contributed by atoms with E-state index in [1.54, 1.807) is 0 Å². The minimum Gasteiger partial charge on any atom is -0.365 e. The average molecular weight is 400 g/mol. The number of allylic oxidation sites excluding steroid dienone is 1. The zero-order valence-corrected chi connectivity index (χ0v) is 13.0. The number of carbonyl (C=O) groups excluding carboxylic acids is 2. The molecular formula is C12H13N4O5Pd-. The third-order valence-electron chi connectivity index (χ3n) is 3.49. The van der Waals surface area contributed by atoms with Crippen molar-refractivity contribution in [2.75, 3.05) is 39.3 Å². The predicted molar refractivity (Wildman–Crippen MR) is 70.2 cm³/mol. The van der Waals surface area contributed by atoms with Crippen molar-refractivity contribution in [3.8, 4) is 0 Å². The Labute approximate surface area is 139 Å². The molecule has 3 saturated heterocycles. The van der Waals surface area contributed by atoms with Crippen molar-refractivity contribution >= 4 is 11.6 Å². The smallest absolute Gasteiger partial charge is 0.227 e. The van der Waals surface area contributed by atoms with Crippen molar-refractivity contribution in [2.45, 2.75) is 0 Å². The fraction of sp³-hybridized carbons (Fsp3) is 0.500. The molecule has 22 heavy (non-hydrogen) atoms. The van der Waals surface area contributed by atoms with Gasteiger partial charge in [0.15, 0.2) is 0 Å². The molecular weight excluding hydrogens is 387 g/mol. The van der Waals surface area contributed by atoms with E-state index in [0.29, 0.717) is 17.1 Å². The van der Waals surface area contributed by atoms with Gasteiger partial charge in [-0.1, -0.05) is 0 Å². The topological polar surface area (TPSA) is 109 Å². The molecule has 3 fully saturated rings. The second kappa shape index (κ2) is 6.06. The second-order valence-electron chi connectivity index (χ2n) is 5.10. The molecule has 4 rings (SSSR count). The Kier molecular flexibility index (Phi) is 4.53. The Hall–Kier alpha value is -1.92. The standard InChI is InChI=1S/C12H13N3O2.NO3.Pd/c16-9-7-8(13-1-2-13)12(17)11(15-5-6-15)10(9)14-3-4-14;2-1(3)4;/h7H,1-6H2;;/q;-1;. The predicted octanol–water partition coefficient (Wildman–Crippen LogP) is -1.06. The molecule has 0 saturated carbocycles. The van der Waals surface area contributed by atoms with Gasteiger partial charge in [-0.3, -0.25) is 9.59 Å². The SMILES string of the molecule is O=C1C=C(N2CC2)C(=O)C(N2CC2)=C1N1CC1.O=[N+]([O-])[O-].[Pd]. The van der Waals surface area contributed by atoms with Crippen LogP contribution in [0.3, 0.4) is 0 Å². The Balaban J connectivity index is 0.000000319. The van der Waals surface area contributed by atoms with Crippen molar-refractivity contribution in [2.24, 2.45) is 0 Å². The van der Waals surface area contributed by atoms with Gasteiger partial charge in [-0.15, -0.1) is 0 Å². The van der Waals surface area contributed by atoms with E-state index < -0.39 is 5.09 Å². The van der Waals surface area contributed by atoms with Gasteiger partial charge in [-0.2, -0.15) is 0 Å². The maximum Gasteiger partial charge on any atom is 0.227 e. The number of carbonyl (C=O) groups is 2. The minimum absolute atomic E-state index is 0. The summed E-state index contributed by atoms with van der Waals surface area (Å²) in [7, 11) is 0. The van der Waals surface area contributed by atoms with Crippen LogP contribution < -0.4 is 0 Å². The number of hydrogen-bond donors (Lipinski definition) is 0. The number of hydrogen-bond acceptors (Lipinski definition) is 8. The van der Waals surface area contributed by atoms with Gasteiger partial charge in [-0.25, -0.2) is 0 Å². The molecule has 4 aliphatic rings. The van der Waals surface area contributed by atoms with Gasteiger partial charge in [0.2, 0.25) is 11.6 Å². The van der Waals surface area contributed by atoms with Crippen molar-refractivity contribution in [3.05, 3.63) is 38.5 Å². The quantitative estimate of drug-likeness (QED) is 0.194. The first-order valence-corrected chi connectivity index (χ1v) is 6.60. The van der Waals surface area contributed by atoms with Gasteiger partial charge in [0, 0.05) is 65.8 Å². The summed E-state index contributed by atoms with van der Waals surface area (Å²) in [4.78, 5) is 38.7. The fourth-order valence-corrected chi connectivity index (χ4v) is 2.28. The van der Waals surface area contributed by atoms with Crippen LogP contribution in [0.2, 0.25) is 0 Å². The summed E-state index contributed by atoms with van der Waals surface area (Å²) in [5.41, 5.74) is 1.89. The van der Waals surface area contributed by atoms with Crippen LogP contribution in [-0.2, 0) is 30.0 Å². The maximum atomic E-state index is 12.4. The van der Waals surface area contributed by atoms with E-state index in [4.69, 9.17) is 15.3 Å². The van der Waals surface area contributed by atoms with E-state index in [-0.39, 0.29) is 32.0 Å². The van der Waals surface area contributed by atoms with Crippen LogP contribution >= 0.6 is 0 Å². The van der Waals surface area contributed by atoms with Crippen molar-refractivity contribution in [3.63, 3.8) is 0 Å². The maximum absolute atomic E-state index is 12.4. The van der Waals surface area contributed by atoms with E-state index in [9.17, 15) is 9.59 Å². The first kappa shape index (κ1) is 16.5. The van der Waals surface area contributed by atoms with Gasteiger partial charge in [0.25, 0.3) is 0 Å². The van der Waals surface area contributed by atoms with Crippen molar-refractivity contribution in [1.82, 2.24) is 14.7 Å². The van der Waals surface area contributed by atoms with E-state index in [1.165, 1.54) is 6.08 Å². The number of nitrogens with zero attached hydrogens (tertiary/aromatic N) is 4. The number of ketones is 2. The first-order chi connectivity index (χ1) is 9.99. The molecule has 0 unspecified atom stereocenters. The number of Topliss-reactive ketones (excluding diaryl/α,β-unsaturated/α-hetero) is 1. The zero-order chi connectivity index (χ0) is 15.1. The van der Waals surface area contributed by atoms with E-state index >= 15 is 0 Å². The third-order valence-corrected chi connectivity index (χ3v) is 3.49. The molecule has 3 aliphatic heterocycles. The normalized spacial score (nSPS) is 21.6. The molecule has 0 radical (unpaired) electrons. The van der Waals surface area contributed by atoms with Gasteiger partial charge >= 0.3 is 0 Å². The van der Waals surface area contributed by atoms with E-state index in [2.05, 4.69) is 0 Å². The Morgan fingerprint density at radius 2 is 1.27 bits per heavy atom. The van der Waals surface area contributed by atoms with Gasteiger partial charge in [0.1, 0.15) is 11.4 Å². The molecule has 122 valence electrons. The summed E-state index contributed by atoms with van der Waals surface area (Å²) in [6, 6.07) is 0. The van der Waals surface area contributed by atoms with Gasteiger partial charge in [-0.05, 0) is 0 Å². The second-order valence-corrected chi connectivity index (χ2v) is 5.10. The van der Waals surface area contributed by atoms with Crippen LogP contribution in [0.25, 0.3) is 0 Å². The van der Waals surface area contributed by atoms with E-state index in [0.717, 1.165) is 39.3 Å². The van der Waals surface area contributed by atoms with Crippen LogP contribution in [0.5, 0.6) is 0 Å². The van der Waals surface area contributed by atoms with Crippen molar-refractivity contribution < 1.29 is 35.1 Å². The van der Waals surface area contributed by atoms with Crippen LogP contribution in [0, 0.1) is 15.3 Å². The van der Waals surface area contributed by atoms with Crippen molar-refractivity contribution in [1.29, 1.82) is 0 Å². The third kappa shape index (κ3) is 3.45. The number of rotatable bonds is 3. The molecule has 0 aromatic carbocycles. The average Bonchev–Trinajstić information content (AvgIpc) is 3.26. The summed E-state index contributed by atoms with van der Waals surface area (Å²) in [6.45, 7) is 5.41. The molecule has 0 bridgehead atoms. The molecule has 0 N–H and O–H groups in total. The summed E-state index contributed by atoms with van der Waals surface area (Å²) in [5.74, 6) is 0.0485. The van der Waals surface area contributed by atoms with Gasteiger partial charge < -0.3 is 30.0 Å². The molecule has 0 spiro atoms. The van der Waals surface area contributed by atoms with Crippen LogP contribution in [-0.4, -0.2) is 70.6 Å². The molecule has 10 heteroatoms.